The number of aliphatic hydroxyl groups excluding tert-OH is 1. The average Bonchev–Trinajstić information content (AvgIpc) is 2.43. The van der Waals surface area contributed by atoms with Crippen molar-refractivity contribution >= 4 is 0 Å². The maximum atomic E-state index is 10.3. The van der Waals surface area contributed by atoms with E-state index in [1.54, 1.807) is 7.11 Å². The molecule has 0 spiro atoms. The van der Waals surface area contributed by atoms with Crippen LogP contribution in [0.5, 0.6) is 0 Å². The van der Waals surface area contributed by atoms with Crippen molar-refractivity contribution in [2.75, 3.05) is 13.7 Å². The summed E-state index contributed by atoms with van der Waals surface area (Å²) in [5, 5.41) is 10.3. The lowest BCUT2D eigenvalue weighted by Crippen LogP contribution is -2.50. The summed E-state index contributed by atoms with van der Waals surface area (Å²) in [6, 6.07) is 0. The van der Waals surface area contributed by atoms with E-state index in [2.05, 4.69) is 13.0 Å². The van der Waals surface area contributed by atoms with Crippen LogP contribution in [0.15, 0.2) is 36.0 Å². The summed E-state index contributed by atoms with van der Waals surface area (Å²) < 4.78 is 11.1. The van der Waals surface area contributed by atoms with Gasteiger partial charge in [-0.1, -0.05) is 50.6 Å². The second kappa shape index (κ2) is 9.11. The Hall–Kier alpha value is -0.900. The quantitative estimate of drug-likeness (QED) is 0.759. The first-order chi connectivity index (χ1) is 9.61. The van der Waals surface area contributed by atoms with E-state index in [-0.39, 0.29) is 18.1 Å². The van der Waals surface area contributed by atoms with E-state index >= 15 is 0 Å². The van der Waals surface area contributed by atoms with E-state index in [0.29, 0.717) is 6.61 Å². The standard InChI is InChI=1S/C17H28O3/c1-5-6-7-8-9-10-11-13(2)17-15(18)16(19-4)14(3)12-20-17/h7-11,14-18H,5-6,12H2,1-4H3/b8-7+,10-9+,13-11+/t14-,15+,16-,17-/m1/s1. The Balaban J connectivity index is 2.59. The zero-order valence-corrected chi connectivity index (χ0v) is 13.1. The zero-order valence-electron chi connectivity index (χ0n) is 13.1. The first-order valence-corrected chi connectivity index (χ1v) is 7.44. The molecule has 0 radical (unpaired) electrons. The second-order valence-corrected chi connectivity index (χ2v) is 5.43. The van der Waals surface area contributed by atoms with E-state index in [4.69, 9.17) is 9.47 Å². The molecule has 1 rings (SSSR count). The molecule has 1 N–H and O–H groups in total. The molecule has 3 heteroatoms. The first-order valence-electron chi connectivity index (χ1n) is 7.44. The number of ether oxygens (including phenoxy) is 2. The van der Waals surface area contributed by atoms with Crippen LogP contribution < -0.4 is 0 Å². The number of methoxy groups -OCH3 is 1. The topological polar surface area (TPSA) is 38.7 Å². The number of allylic oxidation sites excluding steroid dienone is 5. The van der Waals surface area contributed by atoms with Crippen molar-refractivity contribution in [3.05, 3.63) is 36.0 Å². The van der Waals surface area contributed by atoms with Gasteiger partial charge in [0.25, 0.3) is 0 Å². The molecule has 0 amide bonds. The average molecular weight is 280 g/mol. The molecule has 3 nitrogen and oxygen atoms in total. The highest BCUT2D eigenvalue weighted by atomic mass is 16.5. The number of hydrogen-bond donors (Lipinski definition) is 1. The molecule has 0 saturated carbocycles. The lowest BCUT2D eigenvalue weighted by Gasteiger charge is -2.38. The molecule has 0 aromatic carbocycles. The lowest BCUT2D eigenvalue weighted by atomic mass is 9.90. The van der Waals surface area contributed by atoms with Crippen molar-refractivity contribution < 1.29 is 14.6 Å². The minimum atomic E-state index is -0.607. The van der Waals surface area contributed by atoms with Gasteiger partial charge in [-0.05, 0) is 18.9 Å². The summed E-state index contributed by atoms with van der Waals surface area (Å²) in [6.07, 6.45) is 11.4. The van der Waals surface area contributed by atoms with Gasteiger partial charge in [-0.25, -0.2) is 0 Å². The zero-order chi connectivity index (χ0) is 15.0. The van der Waals surface area contributed by atoms with Gasteiger partial charge in [-0.2, -0.15) is 0 Å². The fourth-order valence-electron chi connectivity index (χ4n) is 2.44. The number of unbranched alkanes of at least 4 members (excludes halogenated alkanes) is 1. The van der Waals surface area contributed by atoms with Crippen LogP contribution in [0.3, 0.4) is 0 Å². The predicted octanol–water partition coefficient (Wildman–Crippen LogP) is 3.26. The van der Waals surface area contributed by atoms with Crippen molar-refractivity contribution in [1.29, 1.82) is 0 Å². The molecule has 20 heavy (non-hydrogen) atoms. The maximum Gasteiger partial charge on any atom is 0.110 e. The van der Waals surface area contributed by atoms with Crippen molar-refractivity contribution in [2.24, 2.45) is 5.92 Å². The van der Waals surface area contributed by atoms with Crippen LogP contribution in [0.1, 0.15) is 33.6 Å². The maximum absolute atomic E-state index is 10.3. The monoisotopic (exact) mass is 280 g/mol. The van der Waals surface area contributed by atoms with Crippen molar-refractivity contribution in [1.82, 2.24) is 0 Å². The van der Waals surface area contributed by atoms with Crippen LogP contribution >= 0.6 is 0 Å². The Morgan fingerprint density at radius 1 is 1.35 bits per heavy atom. The molecule has 0 bridgehead atoms. The Morgan fingerprint density at radius 2 is 2.10 bits per heavy atom. The second-order valence-electron chi connectivity index (χ2n) is 5.43. The normalized spacial score (nSPS) is 32.4. The third-order valence-corrected chi connectivity index (χ3v) is 3.64. The minimum Gasteiger partial charge on any atom is -0.387 e. The largest absolute Gasteiger partial charge is 0.387 e. The summed E-state index contributed by atoms with van der Waals surface area (Å²) in [7, 11) is 1.64. The Morgan fingerprint density at radius 3 is 2.75 bits per heavy atom. The summed E-state index contributed by atoms with van der Waals surface area (Å²) in [6.45, 7) is 6.79. The van der Waals surface area contributed by atoms with Gasteiger partial charge in [0.15, 0.2) is 0 Å². The molecule has 1 saturated heterocycles. The van der Waals surface area contributed by atoms with Gasteiger partial charge in [-0.15, -0.1) is 0 Å². The molecule has 1 aliphatic rings. The van der Waals surface area contributed by atoms with E-state index < -0.39 is 6.10 Å². The molecule has 114 valence electrons. The number of hydrogen-bond acceptors (Lipinski definition) is 3. The molecule has 1 aliphatic heterocycles. The van der Waals surface area contributed by atoms with Crippen LogP contribution in [0.4, 0.5) is 0 Å². The third-order valence-electron chi connectivity index (χ3n) is 3.64. The van der Waals surface area contributed by atoms with Crippen LogP contribution in [0.25, 0.3) is 0 Å². The fraction of sp³-hybridized carbons (Fsp3) is 0.647. The molecule has 4 atom stereocenters. The van der Waals surface area contributed by atoms with Crippen molar-refractivity contribution in [3.8, 4) is 0 Å². The van der Waals surface area contributed by atoms with Crippen molar-refractivity contribution in [2.45, 2.75) is 51.9 Å². The van der Waals surface area contributed by atoms with E-state index in [9.17, 15) is 5.11 Å². The molecule has 0 unspecified atom stereocenters. The summed E-state index contributed by atoms with van der Waals surface area (Å²) in [5.74, 6) is 0.214. The number of rotatable bonds is 6. The fourth-order valence-corrected chi connectivity index (χ4v) is 2.44. The van der Waals surface area contributed by atoms with Gasteiger partial charge >= 0.3 is 0 Å². The van der Waals surface area contributed by atoms with Gasteiger partial charge < -0.3 is 14.6 Å². The van der Waals surface area contributed by atoms with E-state index in [1.807, 2.05) is 38.2 Å². The molecular formula is C17H28O3. The van der Waals surface area contributed by atoms with Gasteiger partial charge in [0.2, 0.25) is 0 Å². The van der Waals surface area contributed by atoms with Crippen molar-refractivity contribution in [3.63, 3.8) is 0 Å². The highest BCUT2D eigenvalue weighted by Crippen LogP contribution is 2.26. The van der Waals surface area contributed by atoms with Crippen LogP contribution in [0.2, 0.25) is 0 Å². The molecular weight excluding hydrogens is 252 g/mol. The molecule has 0 aliphatic carbocycles. The number of aliphatic hydroxyl groups is 1. The van der Waals surface area contributed by atoms with Gasteiger partial charge in [-0.3, -0.25) is 0 Å². The molecule has 1 heterocycles. The Kier molecular flexibility index (Phi) is 7.82. The summed E-state index contributed by atoms with van der Waals surface area (Å²) in [4.78, 5) is 0. The Labute approximate surface area is 123 Å². The molecule has 1 fully saturated rings. The van der Waals surface area contributed by atoms with Crippen LogP contribution in [0, 0.1) is 5.92 Å². The minimum absolute atomic E-state index is 0.162. The van der Waals surface area contributed by atoms with Gasteiger partial charge in [0, 0.05) is 13.0 Å². The SMILES string of the molecule is CCC/C=C/C=C/C=C(\C)[C@H]1OC[C@@H](C)[C@@H](OC)[C@@H]1O. The highest BCUT2D eigenvalue weighted by Gasteiger charge is 2.37. The van der Waals surface area contributed by atoms with Gasteiger partial charge in [0.05, 0.1) is 12.7 Å². The Bertz CT molecular complexity index is 357. The van der Waals surface area contributed by atoms with Crippen LogP contribution in [-0.2, 0) is 9.47 Å². The highest BCUT2D eigenvalue weighted by molar-refractivity contribution is 5.20. The van der Waals surface area contributed by atoms with Gasteiger partial charge in [0.1, 0.15) is 12.2 Å². The predicted molar refractivity (Wildman–Crippen MR) is 82.7 cm³/mol. The lowest BCUT2D eigenvalue weighted by molar-refractivity contribution is -0.158. The smallest absolute Gasteiger partial charge is 0.110 e. The summed E-state index contributed by atoms with van der Waals surface area (Å²) >= 11 is 0. The first kappa shape index (κ1) is 17.2. The molecule has 0 aromatic rings. The summed E-state index contributed by atoms with van der Waals surface area (Å²) in [5.41, 5.74) is 1.02. The molecule has 0 aromatic heterocycles. The third kappa shape index (κ3) is 4.89. The van der Waals surface area contributed by atoms with E-state index in [1.165, 1.54) is 0 Å². The van der Waals surface area contributed by atoms with E-state index in [0.717, 1.165) is 18.4 Å². The van der Waals surface area contributed by atoms with Crippen LogP contribution in [-0.4, -0.2) is 37.1 Å².